The summed E-state index contributed by atoms with van der Waals surface area (Å²) >= 11 is 0. The first-order valence-electron chi connectivity index (χ1n) is 6.59. The van der Waals surface area contributed by atoms with E-state index < -0.39 is 17.8 Å². The van der Waals surface area contributed by atoms with E-state index in [0.29, 0.717) is 11.0 Å². The predicted molar refractivity (Wildman–Crippen MR) is 77.1 cm³/mol. The zero-order valence-electron chi connectivity index (χ0n) is 12.6. The third-order valence-electron chi connectivity index (χ3n) is 3.19. The molecule has 9 nitrogen and oxygen atoms in total. The number of hydrogen-bond acceptors (Lipinski definition) is 8. The van der Waals surface area contributed by atoms with Gasteiger partial charge in [-0.2, -0.15) is 0 Å². The molecule has 0 fully saturated rings. The molecule has 0 spiro atoms. The van der Waals surface area contributed by atoms with Crippen LogP contribution in [0.4, 0.5) is 4.39 Å². The summed E-state index contributed by atoms with van der Waals surface area (Å²) in [5.74, 6) is -2.55. The van der Waals surface area contributed by atoms with Gasteiger partial charge in [0.05, 0.1) is 25.3 Å². The third kappa shape index (κ3) is 2.43. The molecule has 0 radical (unpaired) electrons. The second-order valence-electron chi connectivity index (χ2n) is 4.53. The summed E-state index contributed by atoms with van der Waals surface area (Å²) in [4.78, 5) is 31.8. The Balaban J connectivity index is 2.26. The monoisotopic (exact) mass is 331 g/mol. The van der Waals surface area contributed by atoms with Gasteiger partial charge in [0, 0.05) is 18.5 Å². The number of rotatable bonds is 3. The van der Waals surface area contributed by atoms with Gasteiger partial charge in [-0.15, -0.1) is 5.10 Å². The highest BCUT2D eigenvalue weighted by Gasteiger charge is 2.29. The molecule has 1 aromatic carbocycles. The minimum absolute atomic E-state index is 0.133. The van der Waals surface area contributed by atoms with Crippen molar-refractivity contribution in [3.8, 4) is 5.69 Å². The SMILES string of the molecule is COC(=O)c1nnn(-c2cc3nccnc3cc2F)c1C(=O)OC. The fraction of sp³-hybridized carbons (Fsp3) is 0.143. The van der Waals surface area contributed by atoms with Crippen molar-refractivity contribution < 1.29 is 23.5 Å². The van der Waals surface area contributed by atoms with Crippen LogP contribution in [0.3, 0.4) is 0 Å². The van der Waals surface area contributed by atoms with Gasteiger partial charge in [0.25, 0.3) is 0 Å². The molecule has 0 aliphatic carbocycles. The summed E-state index contributed by atoms with van der Waals surface area (Å²) in [6, 6.07) is 2.47. The molecule has 0 atom stereocenters. The Labute approximate surface area is 134 Å². The maximum atomic E-state index is 14.4. The molecular formula is C14H10FN5O4. The van der Waals surface area contributed by atoms with Crippen LogP contribution in [-0.4, -0.2) is 51.1 Å². The van der Waals surface area contributed by atoms with Crippen molar-refractivity contribution in [3.05, 3.63) is 41.7 Å². The smallest absolute Gasteiger partial charge is 0.361 e. The highest BCUT2D eigenvalue weighted by molar-refractivity contribution is 6.00. The van der Waals surface area contributed by atoms with Crippen LogP contribution < -0.4 is 0 Å². The van der Waals surface area contributed by atoms with Gasteiger partial charge in [0.15, 0.2) is 11.5 Å². The number of hydrogen-bond donors (Lipinski definition) is 0. The first-order valence-corrected chi connectivity index (χ1v) is 6.59. The molecule has 0 bridgehead atoms. The van der Waals surface area contributed by atoms with E-state index >= 15 is 0 Å². The number of aromatic nitrogens is 5. The van der Waals surface area contributed by atoms with Crippen LogP contribution in [0.5, 0.6) is 0 Å². The van der Waals surface area contributed by atoms with Crippen LogP contribution in [0.1, 0.15) is 21.0 Å². The number of methoxy groups -OCH3 is 2. The number of fused-ring (bicyclic) bond motifs is 1. The maximum absolute atomic E-state index is 14.4. The van der Waals surface area contributed by atoms with E-state index in [2.05, 4.69) is 29.8 Å². The van der Waals surface area contributed by atoms with E-state index in [9.17, 15) is 14.0 Å². The Kier molecular flexibility index (Phi) is 3.86. The van der Waals surface area contributed by atoms with Crippen LogP contribution in [-0.2, 0) is 9.47 Å². The van der Waals surface area contributed by atoms with Crippen molar-refractivity contribution in [3.63, 3.8) is 0 Å². The lowest BCUT2D eigenvalue weighted by Gasteiger charge is -2.08. The number of ether oxygens (including phenoxy) is 2. The Morgan fingerprint density at radius 2 is 1.67 bits per heavy atom. The average molecular weight is 331 g/mol. The standard InChI is InChI=1S/C14H10FN5O4/c1-23-13(21)11-12(14(22)24-2)20(19-18-11)10-6-9-8(5-7(10)15)16-3-4-17-9/h3-6H,1-2H3. The largest absolute Gasteiger partial charge is 0.464 e. The van der Waals surface area contributed by atoms with E-state index in [-0.39, 0.29) is 17.1 Å². The predicted octanol–water partition coefficient (Wildman–Crippen LogP) is 0.923. The Morgan fingerprint density at radius 3 is 2.29 bits per heavy atom. The molecule has 24 heavy (non-hydrogen) atoms. The number of esters is 2. The van der Waals surface area contributed by atoms with Crippen LogP contribution >= 0.6 is 0 Å². The average Bonchev–Trinajstić information content (AvgIpc) is 3.04. The van der Waals surface area contributed by atoms with Crippen molar-refractivity contribution in [2.45, 2.75) is 0 Å². The highest BCUT2D eigenvalue weighted by Crippen LogP contribution is 2.21. The van der Waals surface area contributed by atoms with Gasteiger partial charge >= 0.3 is 11.9 Å². The van der Waals surface area contributed by atoms with Crippen molar-refractivity contribution in [2.75, 3.05) is 14.2 Å². The summed E-state index contributed by atoms with van der Waals surface area (Å²) in [6.07, 6.45) is 2.86. The van der Waals surface area contributed by atoms with Crippen LogP contribution in [0, 0.1) is 5.82 Å². The highest BCUT2D eigenvalue weighted by atomic mass is 19.1. The molecule has 0 amide bonds. The first-order chi connectivity index (χ1) is 11.6. The zero-order chi connectivity index (χ0) is 17.3. The molecule has 10 heteroatoms. The summed E-state index contributed by atoms with van der Waals surface area (Å²) in [7, 11) is 2.23. The molecule has 0 N–H and O–H groups in total. The minimum atomic E-state index is -0.918. The molecule has 0 saturated heterocycles. The van der Waals surface area contributed by atoms with Gasteiger partial charge in [-0.25, -0.2) is 18.7 Å². The fourth-order valence-corrected chi connectivity index (χ4v) is 2.10. The third-order valence-corrected chi connectivity index (χ3v) is 3.19. The molecule has 0 unspecified atom stereocenters. The van der Waals surface area contributed by atoms with E-state index in [0.717, 1.165) is 25.0 Å². The molecule has 2 heterocycles. The lowest BCUT2D eigenvalue weighted by atomic mass is 10.2. The van der Waals surface area contributed by atoms with Crippen molar-refractivity contribution in [2.24, 2.45) is 0 Å². The summed E-state index contributed by atoms with van der Waals surface area (Å²) in [5.41, 5.74) is -0.174. The van der Waals surface area contributed by atoms with E-state index in [4.69, 9.17) is 0 Å². The molecule has 0 aliphatic rings. The van der Waals surface area contributed by atoms with Crippen molar-refractivity contribution >= 4 is 23.0 Å². The summed E-state index contributed by atoms with van der Waals surface area (Å²) in [5, 5.41) is 7.26. The Hall–Kier alpha value is -3.43. The second-order valence-corrected chi connectivity index (χ2v) is 4.53. The number of nitrogens with zero attached hydrogens (tertiary/aromatic N) is 5. The van der Waals surface area contributed by atoms with Crippen LogP contribution in [0.15, 0.2) is 24.5 Å². The molecule has 3 aromatic rings. The lowest BCUT2D eigenvalue weighted by molar-refractivity contribution is 0.0545. The number of benzene rings is 1. The fourth-order valence-electron chi connectivity index (χ4n) is 2.10. The van der Waals surface area contributed by atoms with E-state index in [1.807, 2.05) is 0 Å². The topological polar surface area (TPSA) is 109 Å². The molecule has 3 rings (SSSR count). The van der Waals surface area contributed by atoms with E-state index in [1.165, 1.54) is 18.5 Å². The summed E-state index contributed by atoms with van der Waals surface area (Å²) < 4.78 is 24.4. The first kappa shape index (κ1) is 15.5. The van der Waals surface area contributed by atoms with Gasteiger partial charge in [-0.1, -0.05) is 5.21 Å². The molecule has 2 aromatic heterocycles. The quantitative estimate of drug-likeness (QED) is 0.652. The van der Waals surface area contributed by atoms with Crippen molar-refractivity contribution in [1.82, 2.24) is 25.0 Å². The van der Waals surface area contributed by atoms with Gasteiger partial charge in [-0.05, 0) is 6.07 Å². The van der Waals surface area contributed by atoms with Gasteiger partial charge in [-0.3, -0.25) is 9.97 Å². The minimum Gasteiger partial charge on any atom is -0.464 e. The van der Waals surface area contributed by atoms with Gasteiger partial charge in [0.1, 0.15) is 5.69 Å². The molecule has 0 aliphatic heterocycles. The maximum Gasteiger partial charge on any atom is 0.361 e. The number of carbonyl (C=O) groups excluding carboxylic acids is 2. The normalized spacial score (nSPS) is 10.6. The number of carbonyl (C=O) groups is 2. The Morgan fingerprint density at radius 1 is 1.04 bits per heavy atom. The van der Waals surface area contributed by atoms with Crippen LogP contribution in [0.2, 0.25) is 0 Å². The van der Waals surface area contributed by atoms with Gasteiger partial charge < -0.3 is 9.47 Å². The Bertz CT molecular complexity index is 955. The van der Waals surface area contributed by atoms with Crippen LogP contribution in [0.25, 0.3) is 16.7 Å². The molecule has 122 valence electrons. The summed E-state index contributed by atoms with van der Waals surface area (Å²) in [6.45, 7) is 0. The zero-order valence-corrected chi connectivity index (χ0v) is 12.6. The van der Waals surface area contributed by atoms with E-state index in [1.54, 1.807) is 0 Å². The van der Waals surface area contributed by atoms with Crippen molar-refractivity contribution in [1.29, 1.82) is 0 Å². The molecule has 0 saturated carbocycles. The number of halogens is 1. The van der Waals surface area contributed by atoms with Gasteiger partial charge in [0.2, 0.25) is 5.69 Å². The molecular weight excluding hydrogens is 321 g/mol. The second kappa shape index (κ2) is 5.99. The lowest BCUT2D eigenvalue weighted by Crippen LogP contribution is -2.16.